The van der Waals surface area contributed by atoms with Crippen molar-refractivity contribution in [1.29, 1.82) is 0 Å². The Kier molecular flexibility index (Phi) is 6.72. The van der Waals surface area contributed by atoms with Crippen LogP contribution in [0.25, 0.3) is 0 Å². The molecule has 0 heterocycles. The molecule has 94 valence electrons. The minimum atomic E-state index is -0.804. The van der Waals surface area contributed by atoms with Crippen LogP contribution in [0.4, 0.5) is 0 Å². The van der Waals surface area contributed by atoms with E-state index in [1.54, 1.807) is 4.90 Å². The highest BCUT2D eigenvalue weighted by Crippen LogP contribution is 2.06. The highest BCUT2D eigenvalue weighted by molar-refractivity contribution is 5.87. The zero-order chi connectivity index (χ0) is 12.7. The first-order valence-electron chi connectivity index (χ1n) is 5.74. The molecule has 0 aliphatic heterocycles. The molecule has 0 saturated carbocycles. The second kappa shape index (κ2) is 7.22. The predicted molar refractivity (Wildman–Crippen MR) is 63.5 cm³/mol. The molecule has 2 amide bonds. The summed E-state index contributed by atoms with van der Waals surface area (Å²) in [6.07, 6.45) is 0.921. The maximum Gasteiger partial charge on any atom is 0.240 e. The quantitative estimate of drug-likeness (QED) is 0.648. The molecule has 0 saturated heterocycles. The van der Waals surface area contributed by atoms with Crippen LogP contribution in [0.5, 0.6) is 0 Å². The van der Waals surface area contributed by atoms with E-state index in [4.69, 9.17) is 11.5 Å². The average molecular weight is 229 g/mol. The molecule has 2 atom stereocenters. The van der Waals surface area contributed by atoms with Gasteiger partial charge in [-0.3, -0.25) is 9.59 Å². The fourth-order valence-electron chi connectivity index (χ4n) is 1.42. The molecule has 0 aromatic heterocycles. The zero-order valence-electron chi connectivity index (χ0n) is 10.4. The topological polar surface area (TPSA) is 89.4 Å². The Morgan fingerprint density at radius 1 is 1.31 bits per heavy atom. The number of hydrogen-bond acceptors (Lipinski definition) is 3. The van der Waals surface area contributed by atoms with Crippen LogP contribution in [0.2, 0.25) is 0 Å². The van der Waals surface area contributed by atoms with Gasteiger partial charge in [-0.2, -0.15) is 0 Å². The number of carbonyl (C=O) groups is 2. The minimum Gasteiger partial charge on any atom is -0.370 e. The monoisotopic (exact) mass is 229 g/mol. The van der Waals surface area contributed by atoms with Crippen molar-refractivity contribution in [3.05, 3.63) is 0 Å². The van der Waals surface area contributed by atoms with Gasteiger partial charge in [-0.25, -0.2) is 0 Å². The lowest BCUT2D eigenvalue weighted by atomic mass is 10.1. The van der Waals surface area contributed by atoms with Crippen molar-refractivity contribution in [2.24, 2.45) is 17.4 Å². The van der Waals surface area contributed by atoms with Gasteiger partial charge in [0, 0.05) is 13.1 Å². The maximum absolute atomic E-state index is 11.9. The number of nitrogens with zero attached hydrogens (tertiary/aromatic N) is 1. The molecule has 2 unspecified atom stereocenters. The molecule has 0 rings (SSSR count). The molecule has 0 aliphatic rings. The number of likely N-dealkylation sites (N-methyl/N-ethyl adjacent to an activating group) is 1. The fraction of sp³-hybridized carbons (Fsp3) is 0.818. The zero-order valence-corrected chi connectivity index (χ0v) is 10.4. The van der Waals surface area contributed by atoms with Crippen molar-refractivity contribution >= 4 is 11.8 Å². The van der Waals surface area contributed by atoms with Crippen LogP contribution in [0.1, 0.15) is 33.6 Å². The molecule has 0 radical (unpaired) electrons. The van der Waals surface area contributed by atoms with Gasteiger partial charge in [-0.15, -0.1) is 0 Å². The molecule has 5 heteroatoms. The van der Waals surface area contributed by atoms with E-state index in [2.05, 4.69) is 13.8 Å². The molecule has 0 aliphatic carbocycles. The summed E-state index contributed by atoms with van der Waals surface area (Å²) in [7, 11) is 0. The van der Waals surface area contributed by atoms with Crippen LogP contribution in [0.3, 0.4) is 0 Å². The second-order valence-electron chi connectivity index (χ2n) is 4.17. The van der Waals surface area contributed by atoms with E-state index in [1.807, 2.05) is 6.92 Å². The highest BCUT2D eigenvalue weighted by atomic mass is 16.2. The molecule has 0 aromatic rings. The van der Waals surface area contributed by atoms with E-state index in [1.165, 1.54) is 0 Å². The molecule has 0 aromatic carbocycles. The van der Waals surface area contributed by atoms with Crippen LogP contribution in [-0.4, -0.2) is 35.8 Å². The van der Waals surface area contributed by atoms with Crippen molar-refractivity contribution in [3.8, 4) is 0 Å². The van der Waals surface area contributed by atoms with Crippen LogP contribution < -0.4 is 11.5 Å². The van der Waals surface area contributed by atoms with Crippen molar-refractivity contribution in [3.63, 3.8) is 0 Å². The molecule has 5 nitrogen and oxygen atoms in total. The lowest BCUT2D eigenvalue weighted by molar-refractivity contribution is -0.135. The number of nitrogens with two attached hydrogens (primary N) is 2. The van der Waals surface area contributed by atoms with Gasteiger partial charge in [0.2, 0.25) is 11.8 Å². The predicted octanol–water partition coefficient (Wildman–Crippen LogP) is 0.0837. The van der Waals surface area contributed by atoms with Gasteiger partial charge in [-0.1, -0.05) is 20.3 Å². The summed E-state index contributed by atoms with van der Waals surface area (Å²) >= 11 is 0. The molecule has 4 N–H and O–H groups in total. The average Bonchev–Trinajstić information content (AvgIpc) is 2.23. The van der Waals surface area contributed by atoms with Gasteiger partial charge in [0.05, 0.1) is 12.5 Å². The summed E-state index contributed by atoms with van der Waals surface area (Å²) in [5.74, 6) is -0.299. The summed E-state index contributed by atoms with van der Waals surface area (Å²) < 4.78 is 0. The van der Waals surface area contributed by atoms with Gasteiger partial charge in [0.15, 0.2) is 0 Å². The third-order valence-corrected chi connectivity index (χ3v) is 2.66. The van der Waals surface area contributed by atoms with Crippen molar-refractivity contribution in [1.82, 2.24) is 4.90 Å². The third kappa shape index (κ3) is 5.11. The Balaban J connectivity index is 4.34. The van der Waals surface area contributed by atoms with Crippen LogP contribution >= 0.6 is 0 Å². The Labute approximate surface area is 97.2 Å². The van der Waals surface area contributed by atoms with Crippen molar-refractivity contribution < 1.29 is 9.59 Å². The lowest BCUT2D eigenvalue weighted by Gasteiger charge is -2.26. The summed E-state index contributed by atoms with van der Waals surface area (Å²) in [6.45, 7) is 7.34. The Bertz CT molecular complexity index is 243. The Hall–Kier alpha value is -1.10. The first kappa shape index (κ1) is 14.9. The molecule has 16 heavy (non-hydrogen) atoms. The Morgan fingerprint density at radius 3 is 2.25 bits per heavy atom. The molecule has 0 bridgehead atoms. The van der Waals surface area contributed by atoms with E-state index >= 15 is 0 Å². The fourth-order valence-corrected chi connectivity index (χ4v) is 1.42. The SMILES string of the molecule is CCC(C)CN(CC)C(=O)C(N)CC(N)=O. The lowest BCUT2D eigenvalue weighted by Crippen LogP contribution is -2.46. The number of carbonyl (C=O) groups excluding carboxylic acids is 2. The van der Waals surface area contributed by atoms with Gasteiger partial charge >= 0.3 is 0 Å². The summed E-state index contributed by atoms with van der Waals surface area (Å²) in [6, 6.07) is -0.804. The van der Waals surface area contributed by atoms with Gasteiger partial charge in [0.25, 0.3) is 0 Å². The van der Waals surface area contributed by atoms with E-state index in [9.17, 15) is 9.59 Å². The summed E-state index contributed by atoms with van der Waals surface area (Å²) in [5, 5.41) is 0. The van der Waals surface area contributed by atoms with E-state index < -0.39 is 11.9 Å². The van der Waals surface area contributed by atoms with E-state index in [0.717, 1.165) is 6.42 Å². The van der Waals surface area contributed by atoms with Crippen molar-refractivity contribution in [2.45, 2.75) is 39.7 Å². The molecule has 0 fully saturated rings. The van der Waals surface area contributed by atoms with Crippen LogP contribution in [-0.2, 0) is 9.59 Å². The number of hydrogen-bond donors (Lipinski definition) is 2. The van der Waals surface area contributed by atoms with Crippen LogP contribution in [0, 0.1) is 5.92 Å². The largest absolute Gasteiger partial charge is 0.370 e. The molecule has 0 spiro atoms. The maximum atomic E-state index is 11.9. The normalized spacial score (nSPS) is 14.2. The Morgan fingerprint density at radius 2 is 1.88 bits per heavy atom. The van der Waals surface area contributed by atoms with Crippen LogP contribution in [0.15, 0.2) is 0 Å². The van der Waals surface area contributed by atoms with Crippen molar-refractivity contribution in [2.75, 3.05) is 13.1 Å². The minimum absolute atomic E-state index is 0.0875. The molecular weight excluding hydrogens is 206 g/mol. The standard InChI is InChI=1S/C11H23N3O2/c1-4-8(3)7-14(5-2)11(16)9(12)6-10(13)15/h8-9H,4-7,12H2,1-3H3,(H2,13,15). The number of rotatable bonds is 7. The second-order valence-corrected chi connectivity index (χ2v) is 4.17. The van der Waals surface area contributed by atoms with Gasteiger partial charge < -0.3 is 16.4 Å². The van der Waals surface area contributed by atoms with Gasteiger partial charge in [0.1, 0.15) is 0 Å². The van der Waals surface area contributed by atoms with Gasteiger partial charge in [-0.05, 0) is 12.8 Å². The summed E-state index contributed by atoms with van der Waals surface area (Å²) in [4.78, 5) is 24.2. The number of amides is 2. The smallest absolute Gasteiger partial charge is 0.240 e. The highest BCUT2D eigenvalue weighted by Gasteiger charge is 2.22. The van der Waals surface area contributed by atoms with E-state index in [0.29, 0.717) is 19.0 Å². The third-order valence-electron chi connectivity index (χ3n) is 2.66. The van der Waals surface area contributed by atoms with E-state index in [-0.39, 0.29) is 12.3 Å². The number of primary amides is 1. The summed E-state index contributed by atoms with van der Waals surface area (Å²) in [5.41, 5.74) is 10.6. The molecular formula is C11H23N3O2. The first-order chi connectivity index (χ1) is 7.42. The first-order valence-corrected chi connectivity index (χ1v) is 5.74.